The van der Waals surface area contributed by atoms with Crippen molar-refractivity contribution in [2.75, 3.05) is 20.1 Å². The first-order valence-electron chi connectivity index (χ1n) is 18.6. The first-order valence-corrected chi connectivity index (χ1v) is 20.1. The third kappa shape index (κ3) is 11.1. The average Bonchev–Trinajstić information content (AvgIpc) is 3.20. The van der Waals surface area contributed by atoms with E-state index in [2.05, 4.69) is 10.0 Å². The molecule has 56 heavy (non-hydrogen) atoms. The number of aliphatic hydroxyl groups excluding tert-OH is 2. The minimum atomic E-state index is -3.98. The van der Waals surface area contributed by atoms with Crippen molar-refractivity contribution in [2.24, 2.45) is 0 Å². The molecule has 5 aromatic rings. The Morgan fingerprint density at radius 3 is 2.20 bits per heavy atom. The lowest BCUT2D eigenvalue weighted by Gasteiger charge is -2.38. The molecule has 1 aliphatic heterocycles. The first kappa shape index (κ1) is 40.7. The minimum absolute atomic E-state index is 0.0595. The molecule has 5 aromatic carbocycles. The lowest BCUT2D eigenvalue weighted by molar-refractivity contribution is -0.252. The fourth-order valence-corrected chi connectivity index (χ4v) is 7.90. The van der Waals surface area contributed by atoms with Gasteiger partial charge in [0.2, 0.25) is 15.9 Å². The molecule has 5 atom stereocenters. The van der Waals surface area contributed by atoms with Gasteiger partial charge < -0.3 is 35.0 Å². The van der Waals surface area contributed by atoms with E-state index in [1.807, 2.05) is 97.7 Å². The number of carbonyl (C=O) groups excluding carboxylic acids is 1. The average molecular weight is 780 g/mol. The van der Waals surface area contributed by atoms with Crippen LogP contribution in [0.2, 0.25) is 0 Å². The molecule has 1 aliphatic rings. The molecular formula is C44H49N3O8S. The number of hydrogen-bond acceptors (Lipinski definition) is 9. The number of phenols is 1. The number of carbonyl (C=O) groups is 1. The van der Waals surface area contributed by atoms with Gasteiger partial charge in [-0.1, -0.05) is 109 Å². The molecular weight excluding hydrogens is 731 g/mol. The van der Waals surface area contributed by atoms with Crippen LogP contribution in [0.3, 0.4) is 0 Å². The van der Waals surface area contributed by atoms with Crippen molar-refractivity contribution in [3.63, 3.8) is 0 Å². The Hall–Kier alpha value is -4.92. The Labute approximate surface area is 328 Å². The van der Waals surface area contributed by atoms with Crippen LogP contribution >= 0.6 is 0 Å². The van der Waals surface area contributed by atoms with E-state index in [4.69, 9.17) is 9.47 Å². The summed E-state index contributed by atoms with van der Waals surface area (Å²) in [7, 11) is -2.07. The summed E-state index contributed by atoms with van der Waals surface area (Å²) in [5.41, 5.74) is 5.68. The molecule has 1 saturated heterocycles. The number of aromatic hydroxyl groups is 1. The van der Waals surface area contributed by atoms with Gasteiger partial charge in [-0.15, -0.1) is 0 Å². The van der Waals surface area contributed by atoms with Gasteiger partial charge >= 0.3 is 0 Å². The largest absolute Gasteiger partial charge is 0.508 e. The maximum Gasteiger partial charge on any atom is 0.241 e. The molecule has 12 heteroatoms. The van der Waals surface area contributed by atoms with E-state index < -0.39 is 34.4 Å². The van der Waals surface area contributed by atoms with Gasteiger partial charge in [0.25, 0.3) is 0 Å². The van der Waals surface area contributed by atoms with E-state index in [1.54, 1.807) is 36.4 Å². The second kappa shape index (κ2) is 18.8. The number of benzene rings is 5. The summed E-state index contributed by atoms with van der Waals surface area (Å²) in [6.07, 6.45) is -1.36. The van der Waals surface area contributed by atoms with Gasteiger partial charge in [0, 0.05) is 31.6 Å². The van der Waals surface area contributed by atoms with Gasteiger partial charge in [0.05, 0.1) is 29.8 Å². The predicted octanol–water partition coefficient (Wildman–Crippen LogP) is 5.61. The Morgan fingerprint density at radius 2 is 1.52 bits per heavy atom. The van der Waals surface area contributed by atoms with Gasteiger partial charge in [0.1, 0.15) is 11.8 Å². The Balaban J connectivity index is 1.13. The van der Waals surface area contributed by atoms with Crippen molar-refractivity contribution >= 4 is 15.9 Å². The second-order valence-corrected chi connectivity index (χ2v) is 16.0. The fourth-order valence-electron chi connectivity index (χ4n) is 6.70. The molecule has 0 spiro atoms. The van der Waals surface area contributed by atoms with Crippen LogP contribution in [0.25, 0.3) is 0 Å². The number of aliphatic hydroxyl groups is 2. The lowest BCUT2D eigenvalue weighted by atomic mass is 9.99. The van der Waals surface area contributed by atoms with Crippen LogP contribution in [0.4, 0.5) is 0 Å². The summed E-state index contributed by atoms with van der Waals surface area (Å²) in [4.78, 5) is 15.6. The summed E-state index contributed by atoms with van der Waals surface area (Å²) in [6, 6.07) is 36.4. The number of amides is 1. The number of hydrogen-bond donors (Lipinski definition) is 5. The quantitative estimate of drug-likeness (QED) is 0.0859. The van der Waals surface area contributed by atoms with Crippen molar-refractivity contribution < 1.29 is 38.0 Å². The van der Waals surface area contributed by atoms with Gasteiger partial charge in [-0.2, -0.15) is 4.72 Å². The zero-order chi connectivity index (χ0) is 39.7. The molecule has 0 aromatic heterocycles. The number of ether oxygens (including phenoxy) is 2. The third-order valence-electron chi connectivity index (χ3n) is 9.82. The molecule has 0 aliphatic carbocycles. The molecule has 0 unspecified atom stereocenters. The highest BCUT2D eigenvalue weighted by Gasteiger charge is 2.33. The minimum Gasteiger partial charge on any atom is -0.508 e. The Bertz CT molecular complexity index is 2130. The smallest absolute Gasteiger partial charge is 0.241 e. The number of nitrogens with one attached hydrogen (secondary N) is 2. The van der Waals surface area contributed by atoms with Crippen LogP contribution in [0.1, 0.15) is 63.9 Å². The van der Waals surface area contributed by atoms with Crippen LogP contribution in [-0.2, 0) is 43.9 Å². The van der Waals surface area contributed by atoms with Crippen molar-refractivity contribution in [2.45, 2.75) is 68.5 Å². The Kier molecular flexibility index (Phi) is 13.7. The molecule has 1 amide bonds. The van der Waals surface area contributed by atoms with E-state index >= 15 is 0 Å². The number of nitrogens with zero attached hydrogens (tertiary/aromatic N) is 1. The van der Waals surface area contributed by atoms with Crippen molar-refractivity contribution in [3.05, 3.63) is 166 Å². The second-order valence-electron chi connectivity index (χ2n) is 14.3. The molecule has 0 radical (unpaired) electrons. The molecule has 11 nitrogen and oxygen atoms in total. The SMILES string of the molecule is Cc1ccc(S(=O)(=O)N[C@H](Cc2ccccc2)C(=O)NCc2ccc([C@H]3O[C@@H](CN(C)C[C@@H](O)c4cccc(O)c4)C[C@@H](c4ccc(CO)cc4)O3)cc2)cc1. The van der Waals surface area contributed by atoms with Crippen LogP contribution in [-0.4, -0.2) is 66.8 Å². The van der Waals surface area contributed by atoms with E-state index in [9.17, 15) is 28.5 Å². The number of rotatable bonds is 16. The predicted molar refractivity (Wildman–Crippen MR) is 213 cm³/mol. The number of likely N-dealkylation sites (N-methyl/N-ethyl adjacent to an activating group) is 1. The van der Waals surface area contributed by atoms with Crippen LogP contribution in [0.5, 0.6) is 5.75 Å². The van der Waals surface area contributed by atoms with Gasteiger partial charge in [0.15, 0.2) is 6.29 Å². The molecule has 0 bridgehead atoms. The highest BCUT2D eigenvalue weighted by Crippen LogP contribution is 2.38. The van der Waals surface area contributed by atoms with Crippen LogP contribution in [0.15, 0.2) is 132 Å². The van der Waals surface area contributed by atoms with E-state index in [0.29, 0.717) is 25.1 Å². The molecule has 6 rings (SSSR count). The zero-order valence-corrected chi connectivity index (χ0v) is 32.3. The van der Waals surface area contributed by atoms with Gasteiger partial charge in [-0.25, -0.2) is 8.42 Å². The summed E-state index contributed by atoms with van der Waals surface area (Å²) in [5.74, 6) is -0.361. The van der Waals surface area contributed by atoms with E-state index in [0.717, 1.165) is 33.4 Å². The zero-order valence-electron chi connectivity index (χ0n) is 31.5. The monoisotopic (exact) mass is 779 g/mol. The maximum atomic E-state index is 13.6. The van der Waals surface area contributed by atoms with E-state index in [1.165, 1.54) is 12.1 Å². The molecule has 0 saturated carbocycles. The fraction of sp³-hybridized carbons (Fsp3) is 0.295. The lowest BCUT2D eigenvalue weighted by Crippen LogP contribution is -2.47. The van der Waals surface area contributed by atoms with Crippen molar-refractivity contribution in [1.29, 1.82) is 0 Å². The van der Waals surface area contributed by atoms with Gasteiger partial charge in [-0.05, 0) is 72.5 Å². The summed E-state index contributed by atoms with van der Waals surface area (Å²) in [6.45, 7) is 2.81. The van der Waals surface area contributed by atoms with Crippen molar-refractivity contribution in [1.82, 2.24) is 14.9 Å². The topological polar surface area (TPSA) is 158 Å². The first-order chi connectivity index (χ1) is 26.9. The summed E-state index contributed by atoms with van der Waals surface area (Å²) < 4.78 is 42.2. The normalized spacial score (nSPS) is 18.3. The van der Waals surface area contributed by atoms with Crippen LogP contribution in [0, 0.1) is 6.92 Å². The van der Waals surface area contributed by atoms with Crippen molar-refractivity contribution in [3.8, 4) is 5.75 Å². The number of phenolic OH excluding ortho intramolecular Hbond substituents is 1. The Morgan fingerprint density at radius 1 is 0.839 bits per heavy atom. The number of aryl methyl sites for hydroxylation is 1. The van der Waals surface area contributed by atoms with E-state index in [-0.39, 0.29) is 42.4 Å². The standard InChI is InChI=1S/C44H49N3O8S/c1-30-11-21-39(22-12-30)56(52,53)46-40(23-31-7-4-3-5-8-31)43(51)45-26-32-13-19-35(20-14-32)44-54-38(25-42(55-44)34-17-15-33(29-48)16-18-34)27-47(2)28-41(50)36-9-6-10-37(49)24-36/h3-22,24,38,40-42,44,46,48-50H,23,25-29H2,1-2H3,(H,45,51)/t38-,40-,41-,42+,44+/m1/s1. The van der Waals surface area contributed by atoms with Crippen LogP contribution < -0.4 is 10.0 Å². The molecule has 5 N–H and O–H groups in total. The highest BCUT2D eigenvalue weighted by atomic mass is 32.2. The maximum absolute atomic E-state index is 13.6. The summed E-state index contributed by atoms with van der Waals surface area (Å²) >= 11 is 0. The highest BCUT2D eigenvalue weighted by molar-refractivity contribution is 7.89. The molecule has 1 heterocycles. The number of sulfonamides is 1. The summed E-state index contributed by atoms with van der Waals surface area (Å²) in [5, 5.41) is 33.2. The third-order valence-corrected chi connectivity index (χ3v) is 11.3. The molecule has 1 fully saturated rings. The molecule has 294 valence electrons. The van der Waals surface area contributed by atoms with Gasteiger partial charge in [-0.3, -0.25) is 4.79 Å².